The molecule has 9 nitrogen and oxygen atoms in total. The Kier molecular flexibility index (Phi) is 9.17. The quantitative estimate of drug-likeness (QED) is 0.253. The van der Waals surface area contributed by atoms with Gasteiger partial charge in [-0.05, 0) is 36.3 Å². The van der Waals surface area contributed by atoms with Crippen molar-refractivity contribution in [2.24, 2.45) is 5.92 Å². The van der Waals surface area contributed by atoms with Gasteiger partial charge in [-0.2, -0.15) is 0 Å². The van der Waals surface area contributed by atoms with E-state index in [0.717, 1.165) is 0 Å². The van der Waals surface area contributed by atoms with Gasteiger partial charge in [0.15, 0.2) is 33.6 Å². The van der Waals surface area contributed by atoms with Crippen LogP contribution in [0.1, 0.15) is 68.0 Å². The third-order valence-electron chi connectivity index (χ3n) is 8.76. The van der Waals surface area contributed by atoms with Gasteiger partial charge in [0.2, 0.25) is 5.91 Å². The fourth-order valence-electron chi connectivity index (χ4n) is 3.87. The van der Waals surface area contributed by atoms with Crippen molar-refractivity contribution < 1.29 is 18.4 Å². The van der Waals surface area contributed by atoms with Gasteiger partial charge in [-0.1, -0.05) is 55.4 Å². The lowest BCUT2D eigenvalue weighted by atomic mass is 10.0. The summed E-state index contributed by atoms with van der Waals surface area (Å²) in [5.41, 5.74) is 0.254. The van der Waals surface area contributed by atoms with Crippen molar-refractivity contribution in [3.8, 4) is 0 Å². The Hall–Kier alpha value is -1.38. The molecule has 12 heteroatoms. The standard InChI is InChI=1S/C27H48ClN5O4Si2/c1-18(2)24(34)32-22-21-23(30-16-29-22)33(17-31-21)20-13-19(37-39(11,12)26(6,7)8)27(14-28,36-20)15-35-38(9,10)25(3,4)5/h16-20H,13-15H2,1-12H3,(H,29,30,32,34)/t19-,20+,27+/m0/s1. The van der Waals surface area contributed by atoms with E-state index in [4.69, 9.17) is 25.2 Å². The third kappa shape index (κ3) is 6.59. The van der Waals surface area contributed by atoms with E-state index in [2.05, 4.69) is 88.0 Å². The SMILES string of the molecule is CC(C)C(=O)Nc1ncnc2c1ncn2[C@H]1C[C@H](O[Si](C)(C)C(C)(C)C)[C@@](CCl)(CO[Si](C)(C)C(C)(C)C)O1. The summed E-state index contributed by atoms with van der Waals surface area (Å²) in [6.45, 7) is 26.3. The third-order valence-corrected chi connectivity index (χ3v) is 18.2. The van der Waals surface area contributed by atoms with Crippen LogP contribution in [0.15, 0.2) is 12.7 Å². The van der Waals surface area contributed by atoms with Gasteiger partial charge in [0, 0.05) is 12.3 Å². The predicted molar refractivity (Wildman–Crippen MR) is 162 cm³/mol. The molecular formula is C27H48ClN5O4Si2. The van der Waals surface area contributed by atoms with Gasteiger partial charge in [0.25, 0.3) is 0 Å². The van der Waals surface area contributed by atoms with Gasteiger partial charge in [-0.15, -0.1) is 11.6 Å². The van der Waals surface area contributed by atoms with Crippen molar-refractivity contribution in [2.45, 2.75) is 116 Å². The molecule has 2 aromatic rings. The first-order valence-corrected chi connectivity index (χ1v) is 20.1. The highest BCUT2D eigenvalue weighted by Crippen LogP contribution is 2.47. The number of fused-ring (bicyclic) bond motifs is 1. The van der Waals surface area contributed by atoms with Crippen LogP contribution >= 0.6 is 11.6 Å². The summed E-state index contributed by atoms with van der Waals surface area (Å²) in [4.78, 5) is 25.7. The molecule has 2 aromatic heterocycles. The van der Waals surface area contributed by atoms with Crippen molar-refractivity contribution in [3.05, 3.63) is 12.7 Å². The number of imidazole rings is 1. The molecule has 39 heavy (non-hydrogen) atoms. The van der Waals surface area contributed by atoms with Crippen molar-refractivity contribution in [1.82, 2.24) is 19.5 Å². The molecule has 1 aliphatic rings. The average molecular weight is 598 g/mol. The molecule has 1 aliphatic heterocycles. The molecular weight excluding hydrogens is 550 g/mol. The van der Waals surface area contributed by atoms with Crippen LogP contribution < -0.4 is 5.32 Å². The van der Waals surface area contributed by atoms with Crippen molar-refractivity contribution in [2.75, 3.05) is 17.8 Å². The largest absolute Gasteiger partial charge is 0.414 e. The monoisotopic (exact) mass is 597 g/mol. The molecule has 1 amide bonds. The maximum atomic E-state index is 12.4. The highest BCUT2D eigenvalue weighted by molar-refractivity contribution is 6.74. The van der Waals surface area contributed by atoms with Crippen LogP contribution in [0.3, 0.4) is 0 Å². The van der Waals surface area contributed by atoms with E-state index >= 15 is 0 Å². The highest BCUT2D eigenvalue weighted by Gasteiger charge is 2.54. The fraction of sp³-hybridized carbons (Fsp3) is 0.778. The lowest BCUT2D eigenvalue weighted by molar-refractivity contribution is -0.118. The van der Waals surface area contributed by atoms with E-state index in [-0.39, 0.29) is 33.9 Å². The lowest BCUT2D eigenvalue weighted by Gasteiger charge is -2.44. The number of hydrogen-bond acceptors (Lipinski definition) is 7. The van der Waals surface area contributed by atoms with Crippen molar-refractivity contribution in [1.29, 1.82) is 0 Å². The molecule has 3 atom stereocenters. The summed E-state index contributed by atoms with van der Waals surface area (Å²) >= 11 is 6.75. The van der Waals surface area contributed by atoms with E-state index in [1.54, 1.807) is 6.33 Å². The fourth-order valence-corrected chi connectivity index (χ4v) is 6.59. The molecule has 3 rings (SSSR count). The second-order valence-electron chi connectivity index (χ2n) is 14.1. The summed E-state index contributed by atoms with van der Waals surface area (Å²) < 4.78 is 22.4. The first-order valence-electron chi connectivity index (χ1n) is 13.8. The minimum Gasteiger partial charge on any atom is -0.414 e. The molecule has 0 aromatic carbocycles. The van der Waals surface area contributed by atoms with Crippen LogP contribution in [0, 0.1) is 5.92 Å². The van der Waals surface area contributed by atoms with E-state index in [0.29, 0.717) is 30.0 Å². The number of alkyl halides is 1. The summed E-state index contributed by atoms with van der Waals surface area (Å²) in [5, 5.41) is 2.92. The molecule has 220 valence electrons. The number of nitrogens with zero attached hydrogens (tertiary/aromatic N) is 4. The van der Waals surface area contributed by atoms with Crippen LogP contribution in [-0.2, 0) is 18.4 Å². The maximum absolute atomic E-state index is 12.4. The summed E-state index contributed by atoms with van der Waals surface area (Å²) in [5.74, 6) is 0.297. The first kappa shape index (κ1) is 32.1. The average Bonchev–Trinajstić information content (AvgIpc) is 3.38. The molecule has 0 radical (unpaired) electrons. The number of aromatic nitrogens is 4. The summed E-state index contributed by atoms with van der Waals surface area (Å²) in [7, 11) is -4.26. The summed E-state index contributed by atoms with van der Waals surface area (Å²) in [6.07, 6.45) is 3.01. The van der Waals surface area contributed by atoms with Gasteiger partial charge in [0.1, 0.15) is 18.2 Å². The Morgan fingerprint density at radius 2 is 1.74 bits per heavy atom. The van der Waals surface area contributed by atoms with Crippen LogP contribution in [0.2, 0.25) is 36.3 Å². The molecule has 0 saturated carbocycles. The molecule has 3 heterocycles. The normalized spacial score (nSPS) is 23.1. The Morgan fingerprint density at radius 3 is 2.28 bits per heavy atom. The number of nitrogens with one attached hydrogen (secondary N) is 1. The number of amides is 1. The van der Waals surface area contributed by atoms with Gasteiger partial charge < -0.3 is 18.9 Å². The zero-order chi connectivity index (χ0) is 29.6. The van der Waals surface area contributed by atoms with E-state index in [9.17, 15) is 4.79 Å². The highest BCUT2D eigenvalue weighted by atomic mass is 35.5. The van der Waals surface area contributed by atoms with Crippen LogP contribution in [0.25, 0.3) is 11.2 Å². The Labute approximate surface area is 241 Å². The molecule has 1 fully saturated rings. The van der Waals surface area contributed by atoms with Gasteiger partial charge in [-0.25, -0.2) is 15.0 Å². The Balaban J connectivity index is 2.01. The predicted octanol–water partition coefficient (Wildman–Crippen LogP) is 6.73. The lowest BCUT2D eigenvalue weighted by Crippen LogP contribution is -2.55. The first-order chi connectivity index (χ1) is 17.7. The minimum atomic E-state index is -2.17. The van der Waals surface area contributed by atoms with E-state index in [1.807, 2.05) is 18.4 Å². The second-order valence-corrected chi connectivity index (χ2v) is 23.9. The van der Waals surface area contributed by atoms with Gasteiger partial charge in [-0.3, -0.25) is 9.36 Å². The number of hydrogen-bond donors (Lipinski definition) is 1. The molecule has 1 N–H and O–H groups in total. The van der Waals surface area contributed by atoms with Crippen LogP contribution in [0.5, 0.6) is 0 Å². The number of halogens is 1. The van der Waals surface area contributed by atoms with Crippen molar-refractivity contribution in [3.63, 3.8) is 0 Å². The topological polar surface area (TPSA) is 100 Å². The molecule has 0 unspecified atom stereocenters. The molecule has 0 bridgehead atoms. The second kappa shape index (κ2) is 11.1. The van der Waals surface area contributed by atoms with Crippen LogP contribution in [0.4, 0.5) is 5.82 Å². The van der Waals surface area contributed by atoms with Gasteiger partial charge in [0.05, 0.1) is 24.9 Å². The van der Waals surface area contributed by atoms with Crippen LogP contribution in [-0.4, -0.2) is 66.3 Å². The van der Waals surface area contributed by atoms with E-state index < -0.39 is 28.5 Å². The van der Waals surface area contributed by atoms with E-state index in [1.165, 1.54) is 6.33 Å². The zero-order valence-corrected chi connectivity index (χ0v) is 28.6. The molecule has 0 spiro atoms. The minimum absolute atomic E-state index is 0.0158. The number of ether oxygens (including phenoxy) is 1. The Morgan fingerprint density at radius 1 is 1.13 bits per heavy atom. The summed E-state index contributed by atoms with van der Waals surface area (Å²) in [6, 6.07) is 0. The smallest absolute Gasteiger partial charge is 0.228 e. The van der Waals surface area contributed by atoms with Gasteiger partial charge >= 0.3 is 0 Å². The Bertz CT molecular complexity index is 1180. The zero-order valence-electron chi connectivity index (χ0n) is 25.8. The van der Waals surface area contributed by atoms with Crippen molar-refractivity contribution >= 4 is 51.1 Å². The number of carbonyl (C=O) groups is 1. The molecule has 0 aliphatic carbocycles. The molecule has 1 saturated heterocycles. The maximum Gasteiger partial charge on any atom is 0.228 e. The number of rotatable bonds is 9. The number of carbonyl (C=O) groups excluding carboxylic acids is 1. The number of anilines is 1.